The van der Waals surface area contributed by atoms with Crippen LogP contribution < -0.4 is 19.7 Å². The van der Waals surface area contributed by atoms with Gasteiger partial charge in [-0.2, -0.15) is 31.6 Å². The van der Waals surface area contributed by atoms with Gasteiger partial charge in [0.25, 0.3) is 0 Å². The molecule has 0 saturated carbocycles. The van der Waals surface area contributed by atoms with Gasteiger partial charge in [0, 0.05) is 6.07 Å². The third-order valence-electron chi connectivity index (χ3n) is 5.15. The van der Waals surface area contributed by atoms with Gasteiger partial charge in [-0.3, -0.25) is 4.90 Å². The number of hydrogen-bond donors (Lipinski definition) is 1. The lowest BCUT2D eigenvalue weighted by molar-refractivity contribution is -0.140. The topological polar surface area (TPSA) is 74.6 Å². The summed E-state index contributed by atoms with van der Waals surface area (Å²) in [7, 11) is 0. The van der Waals surface area contributed by atoms with E-state index in [2.05, 4.69) is 0 Å². The summed E-state index contributed by atoms with van der Waals surface area (Å²) in [6, 6.07) is 12.3. The molecule has 3 aromatic rings. The van der Waals surface area contributed by atoms with Gasteiger partial charge in [0.15, 0.2) is 0 Å². The highest BCUT2D eigenvalue weighted by molar-refractivity contribution is 6.03. The number of amides is 2. The SMILES string of the molecule is N#Cc1ccc(Oc2ccc3c(c2)N(C(=O)Nc2cc(C(F)(F)F)ccc2C(F)(F)F)CCO3)cc1. The van der Waals surface area contributed by atoms with Crippen LogP contribution in [0.15, 0.2) is 60.7 Å². The molecule has 3 aromatic carbocycles. The average Bonchev–Trinajstić information content (AvgIpc) is 2.82. The summed E-state index contributed by atoms with van der Waals surface area (Å²) in [5, 5.41) is 10.8. The van der Waals surface area contributed by atoms with E-state index in [4.69, 9.17) is 14.7 Å². The van der Waals surface area contributed by atoms with Gasteiger partial charge in [-0.1, -0.05) is 0 Å². The van der Waals surface area contributed by atoms with Crippen LogP contribution in [0.1, 0.15) is 16.7 Å². The van der Waals surface area contributed by atoms with Crippen molar-refractivity contribution in [3.05, 3.63) is 77.4 Å². The second kappa shape index (κ2) is 9.33. The van der Waals surface area contributed by atoms with E-state index in [1.165, 1.54) is 30.3 Å². The van der Waals surface area contributed by atoms with Crippen molar-refractivity contribution in [2.45, 2.75) is 12.4 Å². The molecular formula is C24H15F6N3O3. The molecule has 0 spiro atoms. The molecule has 1 heterocycles. The van der Waals surface area contributed by atoms with Gasteiger partial charge in [-0.25, -0.2) is 4.79 Å². The van der Waals surface area contributed by atoms with Crippen LogP contribution in [0.25, 0.3) is 0 Å². The fourth-order valence-corrected chi connectivity index (χ4v) is 3.46. The molecule has 0 aliphatic carbocycles. The minimum atomic E-state index is -5.00. The van der Waals surface area contributed by atoms with Gasteiger partial charge in [-0.15, -0.1) is 0 Å². The van der Waals surface area contributed by atoms with E-state index in [9.17, 15) is 31.1 Å². The number of fused-ring (bicyclic) bond motifs is 1. The molecule has 0 bridgehead atoms. The van der Waals surface area contributed by atoms with Crippen LogP contribution in [-0.2, 0) is 12.4 Å². The van der Waals surface area contributed by atoms with Crippen molar-refractivity contribution in [2.24, 2.45) is 0 Å². The molecule has 186 valence electrons. The first kappa shape index (κ1) is 24.7. The Bertz CT molecular complexity index is 1330. The fourth-order valence-electron chi connectivity index (χ4n) is 3.46. The maximum absolute atomic E-state index is 13.4. The standard InChI is InChI=1S/C24H15F6N3O3/c25-23(26,27)15-3-7-18(24(28,29)30)19(11-15)32-22(34)33-9-10-35-21-8-6-17(12-20(21)33)36-16-4-1-14(13-31)2-5-16/h1-8,11-12H,9-10H2,(H,32,34). The highest BCUT2D eigenvalue weighted by atomic mass is 19.4. The lowest BCUT2D eigenvalue weighted by atomic mass is 10.1. The third-order valence-corrected chi connectivity index (χ3v) is 5.15. The first-order valence-electron chi connectivity index (χ1n) is 10.3. The van der Waals surface area contributed by atoms with Gasteiger partial charge < -0.3 is 14.8 Å². The van der Waals surface area contributed by atoms with E-state index in [-0.39, 0.29) is 42.5 Å². The van der Waals surface area contributed by atoms with Crippen LogP contribution in [0.3, 0.4) is 0 Å². The van der Waals surface area contributed by atoms with Gasteiger partial charge in [0.05, 0.1) is 40.7 Å². The van der Waals surface area contributed by atoms with Gasteiger partial charge in [0.1, 0.15) is 23.9 Å². The smallest absolute Gasteiger partial charge is 0.418 e. The lowest BCUT2D eigenvalue weighted by Crippen LogP contribution is -2.41. The molecule has 12 heteroatoms. The maximum atomic E-state index is 13.4. The van der Waals surface area contributed by atoms with Crippen molar-refractivity contribution in [3.8, 4) is 23.3 Å². The Kier molecular flexibility index (Phi) is 6.41. The molecule has 4 rings (SSSR count). The number of nitrogens with one attached hydrogen (secondary N) is 1. The van der Waals surface area contributed by atoms with E-state index in [0.717, 1.165) is 4.90 Å². The maximum Gasteiger partial charge on any atom is 0.418 e. The number of halogens is 6. The Balaban J connectivity index is 1.63. The molecule has 0 saturated heterocycles. The van der Waals surface area contributed by atoms with E-state index < -0.39 is 35.2 Å². The summed E-state index contributed by atoms with van der Waals surface area (Å²) < 4.78 is 90.7. The van der Waals surface area contributed by atoms with E-state index in [0.29, 0.717) is 17.4 Å². The number of benzene rings is 3. The molecule has 1 aliphatic rings. The Labute approximate surface area is 200 Å². The number of urea groups is 1. The summed E-state index contributed by atoms with van der Waals surface area (Å²) in [4.78, 5) is 14.0. The molecule has 0 atom stereocenters. The van der Waals surface area contributed by atoms with Gasteiger partial charge in [0.2, 0.25) is 0 Å². The number of nitrogens with zero attached hydrogens (tertiary/aromatic N) is 2. The van der Waals surface area contributed by atoms with E-state index in [1.807, 2.05) is 11.4 Å². The summed E-state index contributed by atoms with van der Waals surface area (Å²) in [5.41, 5.74) is -3.23. The number of anilines is 2. The number of alkyl halides is 6. The van der Waals surface area contributed by atoms with Crippen LogP contribution >= 0.6 is 0 Å². The number of nitriles is 1. The van der Waals surface area contributed by atoms with Crippen molar-refractivity contribution < 1.29 is 40.6 Å². The lowest BCUT2D eigenvalue weighted by Gasteiger charge is -2.30. The van der Waals surface area contributed by atoms with Crippen molar-refractivity contribution in [1.82, 2.24) is 0 Å². The molecule has 6 nitrogen and oxygen atoms in total. The normalized spacial score (nSPS) is 13.3. The number of hydrogen-bond acceptors (Lipinski definition) is 4. The van der Waals surface area contributed by atoms with Crippen LogP contribution in [0, 0.1) is 11.3 Å². The molecule has 1 aliphatic heterocycles. The third kappa shape index (κ3) is 5.30. The van der Waals surface area contributed by atoms with Crippen LogP contribution in [0.2, 0.25) is 0 Å². The molecule has 0 unspecified atom stereocenters. The largest absolute Gasteiger partial charge is 0.490 e. The molecule has 36 heavy (non-hydrogen) atoms. The first-order chi connectivity index (χ1) is 17.0. The summed E-state index contributed by atoms with van der Waals surface area (Å²) >= 11 is 0. The summed E-state index contributed by atoms with van der Waals surface area (Å²) in [5.74, 6) is 0.848. The van der Waals surface area contributed by atoms with E-state index in [1.54, 1.807) is 12.1 Å². The van der Waals surface area contributed by atoms with E-state index >= 15 is 0 Å². The fraction of sp³-hybridized carbons (Fsp3) is 0.167. The Morgan fingerprint density at radius 1 is 0.944 bits per heavy atom. The minimum Gasteiger partial charge on any atom is -0.490 e. The van der Waals surface area contributed by atoms with Gasteiger partial charge >= 0.3 is 18.4 Å². The first-order valence-corrected chi connectivity index (χ1v) is 10.3. The predicted octanol–water partition coefficient (Wildman–Crippen LogP) is 6.82. The molecular weight excluding hydrogens is 492 g/mol. The Morgan fingerprint density at radius 2 is 1.64 bits per heavy atom. The molecule has 0 fully saturated rings. The van der Waals surface area contributed by atoms with Crippen molar-refractivity contribution in [2.75, 3.05) is 23.4 Å². The average molecular weight is 507 g/mol. The zero-order valence-corrected chi connectivity index (χ0v) is 18.1. The Morgan fingerprint density at radius 3 is 2.28 bits per heavy atom. The highest BCUT2D eigenvalue weighted by Crippen LogP contribution is 2.40. The molecule has 0 aromatic heterocycles. The van der Waals surface area contributed by atoms with Crippen LogP contribution in [0.5, 0.6) is 17.2 Å². The number of carbonyl (C=O) groups is 1. The molecule has 1 N–H and O–H groups in total. The number of rotatable bonds is 3. The van der Waals surface area contributed by atoms with Crippen LogP contribution in [-0.4, -0.2) is 19.2 Å². The van der Waals surface area contributed by atoms with Crippen molar-refractivity contribution in [3.63, 3.8) is 0 Å². The second-order valence-electron chi connectivity index (χ2n) is 7.55. The van der Waals surface area contributed by atoms with Crippen molar-refractivity contribution >= 4 is 17.4 Å². The second-order valence-corrected chi connectivity index (χ2v) is 7.55. The summed E-state index contributed by atoms with van der Waals surface area (Å²) in [6.07, 6.45) is -9.91. The zero-order chi connectivity index (χ0) is 26.1. The Hall–Kier alpha value is -4.40. The predicted molar refractivity (Wildman–Crippen MR) is 116 cm³/mol. The molecule has 2 amide bonds. The summed E-state index contributed by atoms with van der Waals surface area (Å²) in [6.45, 7) is -0.0789. The monoisotopic (exact) mass is 507 g/mol. The number of carbonyl (C=O) groups excluding carboxylic acids is 1. The zero-order valence-electron chi connectivity index (χ0n) is 18.1. The minimum absolute atomic E-state index is 0.00493. The number of ether oxygens (including phenoxy) is 2. The quantitative estimate of drug-likeness (QED) is 0.395. The van der Waals surface area contributed by atoms with Crippen molar-refractivity contribution in [1.29, 1.82) is 5.26 Å². The molecule has 0 radical (unpaired) electrons. The van der Waals surface area contributed by atoms with Gasteiger partial charge in [-0.05, 0) is 54.6 Å². The van der Waals surface area contributed by atoms with Crippen LogP contribution in [0.4, 0.5) is 42.5 Å². The highest BCUT2D eigenvalue weighted by Gasteiger charge is 2.38.